The van der Waals surface area contributed by atoms with Crippen molar-refractivity contribution in [2.24, 2.45) is 0 Å². The van der Waals surface area contributed by atoms with Crippen LogP contribution in [0.4, 0.5) is 17.1 Å². The molecule has 1 atom stereocenters. The molecular weight excluding hydrogens is 360 g/mol. The predicted molar refractivity (Wildman–Crippen MR) is 108 cm³/mol. The lowest BCUT2D eigenvalue weighted by atomic mass is 10.1. The quantitative estimate of drug-likeness (QED) is 0.564. The number of hydrogen-bond donors (Lipinski definition) is 4. The number of hydrogen-bond acceptors (Lipinski definition) is 5. The molecule has 2 rings (SSSR count). The van der Waals surface area contributed by atoms with Crippen molar-refractivity contribution in [3.05, 3.63) is 54.1 Å². The van der Waals surface area contributed by atoms with Crippen LogP contribution >= 0.6 is 0 Å². The summed E-state index contributed by atoms with van der Waals surface area (Å²) in [4.78, 5) is 36.8. The van der Waals surface area contributed by atoms with Crippen molar-refractivity contribution >= 4 is 34.8 Å². The molecule has 3 amide bonds. The molecule has 2 aromatic carbocycles. The van der Waals surface area contributed by atoms with Gasteiger partial charge in [-0.2, -0.15) is 0 Å². The summed E-state index contributed by atoms with van der Waals surface area (Å²) in [5, 5.41) is 17.6. The third-order valence-electron chi connectivity index (χ3n) is 3.92. The van der Waals surface area contributed by atoms with E-state index in [4.69, 9.17) is 0 Å². The van der Waals surface area contributed by atoms with E-state index in [0.717, 1.165) is 5.69 Å². The van der Waals surface area contributed by atoms with Gasteiger partial charge in [0.1, 0.15) is 0 Å². The summed E-state index contributed by atoms with van der Waals surface area (Å²) in [5.74, 6) is -1.90. The largest absolute Gasteiger partial charge is 0.387 e. The minimum atomic E-state index is -0.926. The van der Waals surface area contributed by atoms with Gasteiger partial charge in [0.2, 0.25) is 5.91 Å². The van der Waals surface area contributed by atoms with E-state index in [0.29, 0.717) is 16.9 Å². The third-order valence-corrected chi connectivity index (χ3v) is 3.92. The van der Waals surface area contributed by atoms with Crippen LogP contribution in [0.1, 0.15) is 18.6 Å². The molecule has 8 heteroatoms. The number of rotatable bonds is 6. The van der Waals surface area contributed by atoms with Crippen molar-refractivity contribution < 1.29 is 19.5 Å². The molecule has 0 spiro atoms. The van der Waals surface area contributed by atoms with Crippen molar-refractivity contribution in [3.63, 3.8) is 0 Å². The highest BCUT2D eigenvalue weighted by atomic mass is 16.3. The van der Waals surface area contributed by atoms with Gasteiger partial charge in [-0.1, -0.05) is 12.1 Å². The van der Waals surface area contributed by atoms with Crippen LogP contribution in [-0.2, 0) is 14.4 Å². The number of amides is 3. The predicted octanol–water partition coefficient (Wildman–Crippen LogP) is 1.50. The van der Waals surface area contributed by atoms with Crippen LogP contribution in [0.25, 0.3) is 0 Å². The highest BCUT2D eigenvalue weighted by Crippen LogP contribution is 2.17. The Morgan fingerprint density at radius 2 is 1.43 bits per heavy atom. The first-order chi connectivity index (χ1) is 13.3. The van der Waals surface area contributed by atoms with Crippen molar-refractivity contribution in [1.29, 1.82) is 0 Å². The SMILES string of the molecule is CC(=O)Nc1ccc(NC(=O)C(=O)NCC(O)c2ccc(N(C)C)cc2)cc1. The topological polar surface area (TPSA) is 111 Å². The minimum Gasteiger partial charge on any atom is -0.387 e. The number of anilines is 3. The number of benzene rings is 2. The lowest BCUT2D eigenvalue weighted by molar-refractivity contribution is -0.136. The Balaban J connectivity index is 1.84. The maximum absolute atomic E-state index is 12.0. The van der Waals surface area contributed by atoms with Gasteiger partial charge in [-0.05, 0) is 42.0 Å². The first kappa shape index (κ1) is 20.9. The van der Waals surface area contributed by atoms with Gasteiger partial charge in [-0.25, -0.2) is 0 Å². The Morgan fingerprint density at radius 1 is 0.893 bits per heavy atom. The van der Waals surface area contributed by atoms with E-state index < -0.39 is 17.9 Å². The van der Waals surface area contributed by atoms with E-state index in [9.17, 15) is 19.5 Å². The third kappa shape index (κ3) is 6.10. The number of carbonyl (C=O) groups is 3. The normalized spacial score (nSPS) is 11.3. The Labute approximate surface area is 163 Å². The Morgan fingerprint density at radius 3 is 1.93 bits per heavy atom. The summed E-state index contributed by atoms with van der Waals surface area (Å²) < 4.78 is 0. The molecule has 0 radical (unpaired) electrons. The van der Waals surface area contributed by atoms with Gasteiger partial charge in [0.05, 0.1) is 6.10 Å². The van der Waals surface area contributed by atoms with Crippen LogP contribution in [0, 0.1) is 0 Å². The Hall–Kier alpha value is -3.39. The van der Waals surface area contributed by atoms with Crippen LogP contribution in [0.2, 0.25) is 0 Å². The molecule has 0 aromatic heterocycles. The summed E-state index contributed by atoms with van der Waals surface area (Å²) in [6.45, 7) is 1.31. The molecule has 0 heterocycles. The first-order valence-electron chi connectivity index (χ1n) is 8.68. The summed E-state index contributed by atoms with van der Waals surface area (Å²) in [5.41, 5.74) is 2.62. The summed E-state index contributed by atoms with van der Waals surface area (Å²) in [6, 6.07) is 13.6. The average molecular weight is 384 g/mol. The summed E-state index contributed by atoms with van der Waals surface area (Å²) in [6.07, 6.45) is -0.926. The molecule has 0 bridgehead atoms. The molecule has 1 unspecified atom stereocenters. The van der Waals surface area contributed by atoms with Crippen LogP contribution in [0.3, 0.4) is 0 Å². The maximum atomic E-state index is 12.0. The fourth-order valence-electron chi connectivity index (χ4n) is 2.41. The molecule has 0 aliphatic rings. The molecule has 0 fully saturated rings. The number of nitrogens with one attached hydrogen (secondary N) is 3. The van der Waals surface area contributed by atoms with Gasteiger partial charge in [0.25, 0.3) is 0 Å². The zero-order valence-corrected chi connectivity index (χ0v) is 16.0. The lowest BCUT2D eigenvalue weighted by Crippen LogP contribution is -2.37. The van der Waals surface area contributed by atoms with E-state index in [1.165, 1.54) is 6.92 Å². The molecule has 8 nitrogen and oxygen atoms in total. The van der Waals surface area contributed by atoms with Crippen LogP contribution in [-0.4, -0.2) is 43.5 Å². The van der Waals surface area contributed by atoms with Gasteiger partial charge >= 0.3 is 11.8 Å². The monoisotopic (exact) mass is 384 g/mol. The van der Waals surface area contributed by atoms with Gasteiger partial charge in [0.15, 0.2) is 0 Å². The Kier molecular flexibility index (Phi) is 7.11. The number of aliphatic hydroxyl groups is 1. The van der Waals surface area contributed by atoms with E-state index >= 15 is 0 Å². The van der Waals surface area contributed by atoms with Crippen molar-refractivity contribution in [1.82, 2.24) is 5.32 Å². The molecule has 2 aromatic rings. The van der Waals surface area contributed by atoms with Crippen LogP contribution < -0.4 is 20.9 Å². The molecule has 0 aliphatic carbocycles. The van der Waals surface area contributed by atoms with Crippen LogP contribution in [0.15, 0.2) is 48.5 Å². The molecule has 0 saturated heterocycles. The van der Waals surface area contributed by atoms with Gasteiger partial charge in [0, 0.05) is 44.6 Å². The second kappa shape index (κ2) is 9.52. The molecular formula is C20H24N4O4. The molecule has 0 saturated carbocycles. The summed E-state index contributed by atoms with van der Waals surface area (Å²) in [7, 11) is 3.83. The second-order valence-corrected chi connectivity index (χ2v) is 6.42. The molecule has 28 heavy (non-hydrogen) atoms. The fraction of sp³-hybridized carbons (Fsp3) is 0.250. The molecule has 4 N–H and O–H groups in total. The second-order valence-electron chi connectivity index (χ2n) is 6.42. The Bertz CT molecular complexity index is 832. The van der Waals surface area contributed by atoms with Gasteiger partial charge in [-0.3, -0.25) is 14.4 Å². The highest BCUT2D eigenvalue weighted by Gasteiger charge is 2.16. The van der Waals surface area contributed by atoms with Gasteiger partial charge in [-0.15, -0.1) is 0 Å². The van der Waals surface area contributed by atoms with E-state index in [-0.39, 0.29) is 12.5 Å². The zero-order valence-electron chi connectivity index (χ0n) is 16.0. The standard InChI is InChI=1S/C20H24N4O4/c1-13(25)22-15-6-8-16(9-7-15)23-20(28)19(27)21-12-18(26)14-4-10-17(11-5-14)24(2)3/h4-11,18,26H,12H2,1-3H3,(H,21,27)(H,22,25)(H,23,28). The lowest BCUT2D eigenvalue weighted by Gasteiger charge is -2.15. The van der Waals surface area contributed by atoms with Crippen molar-refractivity contribution in [2.45, 2.75) is 13.0 Å². The number of aliphatic hydroxyl groups excluding tert-OH is 1. The van der Waals surface area contributed by atoms with Crippen molar-refractivity contribution in [3.8, 4) is 0 Å². The fourth-order valence-corrected chi connectivity index (χ4v) is 2.41. The molecule has 0 aliphatic heterocycles. The average Bonchev–Trinajstić information content (AvgIpc) is 2.67. The van der Waals surface area contributed by atoms with Crippen LogP contribution in [0.5, 0.6) is 0 Å². The smallest absolute Gasteiger partial charge is 0.313 e. The number of nitrogens with zero attached hydrogens (tertiary/aromatic N) is 1. The van der Waals surface area contributed by atoms with E-state index in [1.807, 2.05) is 31.1 Å². The van der Waals surface area contributed by atoms with Gasteiger partial charge < -0.3 is 26.0 Å². The molecule has 148 valence electrons. The minimum absolute atomic E-state index is 0.0883. The van der Waals surface area contributed by atoms with Crippen molar-refractivity contribution in [2.75, 3.05) is 36.2 Å². The maximum Gasteiger partial charge on any atom is 0.313 e. The zero-order chi connectivity index (χ0) is 20.7. The first-order valence-corrected chi connectivity index (χ1v) is 8.68. The summed E-state index contributed by atoms with van der Waals surface area (Å²) >= 11 is 0. The van der Waals surface area contributed by atoms with E-state index in [2.05, 4.69) is 16.0 Å². The van der Waals surface area contributed by atoms with E-state index in [1.54, 1.807) is 36.4 Å². The highest BCUT2D eigenvalue weighted by molar-refractivity contribution is 6.39. The number of carbonyl (C=O) groups excluding carboxylic acids is 3.